The number of carbonyl (C=O) groups is 1. The number of hydrogen-bond acceptors (Lipinski definition) is 5. The van der Waals surface area contributed by atoms with E-state index in [-0.39, 0.29) is 11.9 Å². The number of nitrogens with one attached hydrogen (secondary N) is 1. The fourth-order valence-electron chi connectivity index (χ4n) is 3.24. The van der Waals surface area contributed by atoms with Crippen molar-refractivity contribution < 1.29 is 9.21 Å². The molecule has 0 bridgehead atoms. The Morgan fingerprint density at radius 3 is 2.62 bits per heavy atom. The molecule has 3 rings (SSSR count). The van der Waals surface area contributed by atoms with Gasteiger partial charge in [-0.25, -0.2) is 0 Å². The van der Waals surface area contributed by atoms with E-state index in [4.69, 9.17) is 10.2 Å². The molecule has 0 radical (unpaired) electrons. The van der Waals surface area contributed by atoms with Gasteiger partial charge in [0.05, 0.1) is 0 Å². The summed E-state index contributed by atoms with van der Waals surface area (Å²) in [6.45, 7) is 1.49. The summed E-state index contributed by atoms with van der Waals surface area (Å²) in [6, 6.07) is 7.27. The highest BCUT2D eigenvalue weighted by Crippen LogP contribution is 2.32. The predicted octanol–water partition coefficient (Wildman–Crippen LogP) is 3.12. The molecule has 6 nitrogen and oxygen atoms in total. The van der Waals surface area contributed by atoms with Gasteiger partial charge in [0.1, 0.15) is 6.04 Å². The van der Waals surface area contributed by atoms with E-state index in [1.54, 1.807) is 0 Å². The molecule has 1 aromatic heterocycles. The zero-order valence-corrected chi connectivity index (χ0v) is 14.0. The molecule has 6 heteroatoms. The molecular formula is C18H24N4O2. The van der Waals surface area contributed by atoms with E-state index in [1.165, 1.54) is 26.2 Å². The molecule has 0 saturated heterocycles. The minimum absolute atomic E-state index is 0.118. The molecule has 1 fully saturated rings. The van der Waals surface area contributed by atoms with E-state index >= 15 is 0 Å². The van der Waals surface area contributed by atoms with E-state index in [2.05, 4.69) is 15.5 Å². The summed E-state index contributed by atoms with van der Waals surface area (Å²) in [4.78, 5) is 11.6. The molecule has 1 heterocycles. The van der Waals surface area contributed by atoms with Crippen molar-refractivity contribution in [3.05, 3.63) is 41.6 Å². The lowest BCUT2D eigenvalue weighted by Crippen LogP contribution is -2.28. The van der Waals surface area contributed by atoms with Gasteiger partial charge in [-0.3, -0.25) is 4.79 Å². The Kier molecular flexibility index (Phi) is 5.13. The van der Waals surface area contributed by atoms with Gasteiger partial charge in [-0.15, -0.1) is 10.2 Å². The first-order valence-corrected chi connectivity index (χ1v) is 8.56. The van der Waals surface area contributed by atoms with Crippen molar-refractivity contribution in [1.82, 2.24) is 15.5 Å². The molecule has 3 N–H and O–H groups in total. The first-order chi connectivity index (χ1) is 11.6. The third kappa shape index (κ3) is 4.13. The van der Waals surface area contributed by atoms with E-state index < -0.39 is 0 Å². The average Bonchev–Trinajstić information content (AvgIpc) is 3.07. The number of nitrogens with zero attached hydrogens (tertiary/aromatic N) is 2. The molecule has 1 unspecified atom stereocenters. The number of hydrogen-bond donors (Lipinski definition) is 2. The van der Waals surface area contributed by atoms with Crippen LogP contribution in [0.3, 0.4) is 0 Å². The van der Waals surface area contributed by atoms with Crippen LogP contribution in [0.1, 0.15) is 68.3 Å². The van der Waals surface area contributed by atoms with Gasteiger partial charge in [-0.05, 0) is 30.5 Å². The molecule has 1 aliphatic carbocycles. The average molecular weight is 328 g/mol. The molecule has 128 valence electrons. The molecule has 1 aliphatic rings. The van der Waals surface area contributed by atoms with Gasteiger partial charge < -0.3 is 15.5 Å². The predicted molar refractivity (Wildman–Crippen MR) is 91.2 cm³/mol. The number of benzene rings is 1. The normalized spacial score (nSPS) is 16.7. The lowest BCUT2D eigenvalue weighted by atomic mass is 9.89. The SMILES string of the molecule is CC(=O)NC(Cc1ccc(N)cc1)c1nnc(C2CCCCC2)o1. The van der Waals surface area contributed by atoms with Crippen LogP contribution in [0.2, 0.25) is 0 Å². The monoisotopic (exact) mass is 328 g/mol. The van der Waals surface area contributed by atoms with Crippen molar-refractivity contribution in [1.29, 1.82) is 0 Å². The van der Waals surface area contributed by atoms with E-state index in [9.17, 15) is 4.79 Å². The highest BCUT2D eigenvalue weighted by Gasteiger charge is 2.25. The summed E-state index contributed by atoms with van der Waals surface area (Å²) in [5.74, 6) is 1.42. The zero-order valence-electron chi connectivity index (χ0n) is 14.0. The van der Waals surface area contributed by atoms with Gasteiger partial charge in [0.25, 0.3) is 0 Å². The Balaban J connectivity index is 1.76. The maximum Gasteiger partial charge on any atom is 0.239 e. The third-order valence-corrected chi connectivity index (χ3v) is 4.51. The maximum atomic E-state index is 11.6. The standard InChI is InChI=1S/C18H24N4O2/c1-12(23)20-16(11-13-7-9-15(19)10-8-13)18-22-21-17(24-18)14-5-3-2-4-6-14/h7-10,14,16H,2-6,11,19H2,1H3,(H,20,23). The lowest BCUT2D eigenvalue weighted by Gasteiger charge is -2.18. The molecular weight excluding hydrogens is 304 g/mol. The van der Waals surface area contributed by atoms with Crippen molar-refractivity contribution in [3.8, 4) is 0 Å². The topological polar surface area (TPSA) is 94.0 Å². The second-order valence-corrected chi connectivity index (χ2v) is 6.51. The summed E-state index contributed by atoms with van der Waals surface area (Å²) in [5, 5.41) is 11.3. The number of rotatable bonds is 5. The quantitative estimate of drug-likeness (QED) is 0.822. The van der Waals surface area contributed by atoms with Crippen LogP contribution in [0.4, 0.5) is 5.69 Å². The molecule has 2 aromatic rings. The van der Waals surface area contributed by atoms with Crippen LogP contribution < -0.4 is 11.1 Å². The zero-order chi connectivity index (χ0) is 16.9. The van der Waals surface area contributed by atoms with E-state index in [0.29, 0.717) is 29.8 Å². The fraction of sp³-hybridized carbons (Fsp3) is 0.500. The van der Waals surface area contributed by atoms with Gasteiger partial charge in [0, 0.05) is 24.9 Å². The highest BCUT2D eigenvalue weighted by atomic mass is 16.4. The van der Waals surface area contributed by atoms with Gasteiger partial charge in [-0.2, -0.15) is 0 Å². The van der Waals surface area contributed by atoms with Gasteiger partial charge in [-0.1, -0.05) is 31.4 Å². The second kappa shape index (κ2) is 7.47. The van der Waals surface area contributed by atoms with Gasteiger partial charge in [0.15, 0.2) is 0 Å². The molecule has 1 saturated carbocycles. The molecule has 1 amide bonds. The van der Waals surface area contributed by atoms with Crippen molar-refractivity contribution in [2.24, 2.45) is 0 Å². The van der Waals surface area contributed by atoms with Crippen molar-refractivity contribution in [2.45, 2.75) is 57.4 Å². The Morgan fingerprint density at radius 2 is 1.96 bits per heavy atom. The number of nitrogens with two attached hydrogens (primary N) is 1. The second-order valence-electron chi connectivity index (χ2n) is 6.51. The third-order valence-electron chi connectivity index (χ3n) is 4.51. The molecule has 1 aromatic carbocycles. The fourth-order valence-corrected chi connectivity index (χ4v) is 3.24. The summed E-state index contributed by atoms with van der Waals surface area (Å²) in [7, 11) is 0. The van der Waals surface area contributed by atoms with Crippen LogP contribution in [0.5, 0.6) is 0 Å². The first kappa shape index (κ1) is 16.5. The van der Waals surface area contributed by atoms with Crippen LogP contribution in [-0.2, 0) is 11.2 Å². The van der Waals surface area contributed by atoms with Crippen LogP contribution in [0, 0.1) is 0 Å². The van der Waals surface area contributed by atoms with Crippen LogP contribution in [0.25, 0.3) is 0 Å². The first-order valence-electron chi connectivity index (χ1n) is 8.56. The molecule has 0 aliphatic heterocycles. The Bertz CT molecular complexity index is 675. The van der Waals surface area contributed by atoms with Crippen molar-refractivity contribution >= 4 is 11.6 Å². The summed E-state index contributed by atoms with van der Waals surface area (Å²) in [5.41, 5.74) is 7.50. The maximum absolute atomic E-state index is 11.6. The number of carbonyl (C=O) groups excluding carboxylic acids is 1. The Morgan fingerprint density at radius 1 is 1.25 bits per heavy atom. The van der Waals surface area contributed by atoms with Gasteiger partial charge >= 0.3 is 0 Å². The van der Waals surface area contributed by atoms with E-state index in [0.717, 1.165) is 18.4 Å². The highest BCUT2D eigenvalue weighted by molar-refractivity contribution is 5.73. The van der Waals surface area contributed by atoms with E-state index in [1.807, 2.05) is 24.3 Å². The number of amides is 1. The number of aromatic nitrogens is 2. The summed E-state index contributed by atoms with van der Waals surface area (Å²) >= 11 is 0. The lowest BCUT2D eigenvalue weighted by molar-refractivity contribution is -0.119. The number of anilines is 1. The Hall–Kier alpha value is -2.37. The smallest absolute Gasteiger partial charge is 0.239 e. The summed E-state index contributed by atoms with van der Waals surface area (Å²) in [6.07, 6.45) is 6.50. The summed E-state index contributed by atoms with van der Waals surface area (Å²) < 4.78 is 5.92. The van der Waals surface area contributed by atoms with Crippen molar-refractivity contribution in [2.75, 3.05) is 5.73 Å². The van der Waals surface area contributed by atoms with Gasteiger partial charge in [0.2, 0.25) is 17.7 Å². The number of nitrogen functional groups attached to an aromatic ring is 1. The Labute approximate surface area is 141 Å². The van der Waals surface area contributed by atoms with Crippen LogP contribution in [0.15, 0.2) is 28.7 Å². The molecule has 1 atom stereocenters. The molecule has 24 heavy (non-hydrogen) atoms. The minimum Gasteiger partial charge on any atom is -0.423 e. The van der Waals surface area contributed by atoms with Crippen molar-refractivity contribution in [3.63, 3.8) is 0 Å². The van der Waals surface area contributed by atoms with Crippen LogP contribution >= 0.6 is 0 Å². The van der Waals surface area contributed by atoms with Crippen LogP contribution in [-0.4, -0.2) is 16.1 Å². The minimum atomic E-state index is -0.323. The largest absolute Gasteiger partial charge is 0.423 e. The molecule has 0 spiro atoms.